The minimum absolute atomic E-state index is 0.0500. The maximum atomic E-state index is 12.1. The number of aliphatic imine (C=N–C) groups is 1. The van der Waals surface area contributed by atoms with Crippen molar-refractivity contribution in [1.29, 1.82) is 0 Å². The minimum Gasteiger partial charge on any atom is -0.435 e. The van der Waals surface area contributed by atoms with E-state index >= 15 is 0 Å². The molecule has 1 unspecified atom stereocenters. The summed E-state index contributed by atoms with van der Waals surface area (Å²) in [7, 11) is 0. The number of aliphatic hydroxyl groups is 1. The second-order valence-electron chi connectivity index (χ2n) is 5.41. The van der Waals surface area contributed by atoms with Gasteiger partial charge in [-0.15, -0.1) is 0 Å². The summed E-state index contributed by atoms with van der Waals surface area (Å²) in [4.78, 5) is 8.32. The molecule has 1 aromatic carbocycles. The van der Waals surface area contributed by atoms with Gasteiger partial charge in [0.2, 0.25) is 0 Å². The van der Waals surface area contributed by atoms with Gasteiger partial charge in [-0.1, -0.05) is 12.1 Å². The molecule has 142 valence electrons. The summed E-state index contributed by atoms with van der Waals surface area (Å²) in [5.74, 6) is 0.637. The summed E-state index contributed by atoms with van der Waals surface area (Å²) in [6, 6.07) is 5.86. The molecule has 1 heterocycles. The van der Waals surface area contributed by atoms with Gasteiger partial charge in [0.25, 0.3) is 0 Å². The van der Waals surface area contributed by atoms with E-state index in [9.17, 15) is 13.9 Å². The Labute approximate surface area is 150 Å². The summed E-state index contributed by atoms with van der Waals surface area (Å²) < 4.78 is 30.5. The van der Waals surface area contributed by atoms with Crippen LogP contribution in [-0.4, -0.2) is 46.9 Å². The number of hydrogen-bond donors (Lipinski definition) is 3. The van der Waals surface area contributed by atoms with Crippen molar-refractivity contribution >= 4 is 5.96 Å². The largest absolute Gasteiger partial charge is 0.435 e. The first-order chi connectivity index (χ1) is 12.6. The Morgan fingerprint density at radius 2 is 2.08 bits per heavy atom. The number of imidazole rings is 1. The summed E-state index contributed by atoms with van der Waals surface area (Å²) in [6.07, 6.45) is 4.47. The van der Waals surface area contributed by atoms with Crippen LogP contribution in [0.15, 0.2) is 48.0 Å². The van der Waals surface area contributed by atoms with Crippen molar-refractivity contribution in [2.45, 2.75) is 26.2 Å². The number of aromatic nitrogens is 2. The molecule has 0 aliphatic heterocycles. The molecule has 0 saturated heterocycles. The number of nitrogens with zero attached hydrogens (tertiary/aromatic N) is 3. The molecule has 2 rings (SSSR count). The van der Waals surface area contributed by atoms with Gasteiger partial charge in [-0.25, -0.2) is 4.98 Å². The number of halogens is 2. The summed E-state index contributed by atoms with van der Waals surface area (Å²) in [5, 5.41) is 16.5. The van der Waals surface area contributed by atoms with E-state index in [-0.39, 0.29) is 12.3 Å². The average Bonchev–Trinajstić information content (AvgIpc) is 3.13. The lowest BCUT2D eigenvalue weighted by atomic mass is 10.1. The number of guanidine groups is 1. The van der Waals surface area contributed by atoms with Crippen molar-refractivity contribution < 1.29 is 18.6 Å². The first kappa shape index (κ1) is 19.6. The number of alkyl halides is 2. The Kier molecular flexibility index (Phi) is 7.81. The molecule has 0 bridgehead atoms. The molecule has 0 spiro atoms. The third-order valence-electron chi connectivity index (χ3n) is 3.48. The van der Waals surface area contributed by atoms with E-state index in [1.54, 1.807) is 12.5 Å². The number of ether oxygens (including phenoxy) is 1. The quantitative estimate of drug-likeness (QED) is 0.465. The average molecular weight is 367 g/mol. The molecular weight excluding hydrogens is 344 g/mol. The van der Waals surface area contributed by atoms with Crippen molar-refractivity contribution in [3.63, 3.8) is 0 Å². The van der Waals surface area contributed by atoms with Gasteiger partial charge in [-0.3, -0.25) is 4.99 Å². The summed E-state index contributed by atoms with van der Waals surface area (Å²) in [6.45, 7) is 1.29. The van der Waals surface area contributed by atoms with E-state index in [2.05, 4.69) is 25.3 Å². The van der Waals surface area contributed by atoms with Crippen LogP contribution in [-0.2, 0) is 6.54 Å². The van der Waals surface area contributed by atoms with Gasteiger partial charge in [0.1, 0.15) is 5.75 Å². The van der Waals surface area contributed by atoms with Crippen LogP contribution in [0.25, 0.3) is 0 Å². The van der Waals surface area contributed by atoms with Gasteiger partial charge in [0.05, 0.1) is 19.0 Å². The molecule has 0 fully saturated rings. The predicted octanol–water partition coefficient (Wildman–Crippen LogP) is 1.77. The lowest BCUT2D eigenvalue weighted by Crippen LogP contribution is -2.39. The predicted molar refractivity (Wildman–Crippen MR) is 94.2 cm³/mol. The topological polar surface area (TPSA) is 83.7 Å². The van der Waals surface area contributed by atoms with Gasteiger partial charge in [-0.2, -0.15) is 8.78 Å². The fourth-order valence-electron chi connectivity index (χ4n) is 2.22. The van der Waals surface area contributed by atoms with Crippen molar-refractivity contribution in [3.8, 4) is 5.75 Å². The highest BCUT2D eigenvalue weighted by Crippen LogP contribution is 2.19. The Morgan fingerprint density at radius 3 is 2.69 bits per heavy atom. The van der Waals surface area contributed by atoms with Crippen LogP contribution in [0.5, 0.6) is 5.75 Å². The molecule has 9 heteroatoms. The van der Waals surface area contributed by atoms with Gasteiger partial charge >= 0.3 is 6.61 Å². The fraction of sp³-hybridized carbons (Fsp3) is 0.412. The third kappa shape index (κ3) is 6.67. The van der Waals surface area contributed by atoms with Crippen LogP contribution >= 0.6 is 0 Å². The SMILES string of the molecule is CCNC(=NCC(O)c1ccc(OC(F)F)cc1)NCCn1ccnc1. The third-order valence-corrected chi connectivity index (χ3v) is 3.48. The molecular formula is C17H23F2N5O2. The van der Waals surface area contributed by atoms with Crippen LogP contribution in [0.3, 0.4) is 0 Å². The molecule has 0 aliphatic rings. The number of hydrogen-bond acceptors (Lipinski definition) is 4. The van der Waals surface area contributed by atoms with E-state index in [0.717, 1.165) is 6.54 Å². The standard InChI is InChI=1S/C17H23F2N5O2/c1-2-21-17(22-8-10-24-9-7-20-12-24)23-11-15(25)13-3-5-14(6-4-13)26-16(18)19/h3-7,9,12,15-16,25H,2,8,10-11H2,1H3,(H2,21,22,23). The smallest absolute Gasteiger partial charge is 0.387 e. The van der Waals surface area contributed by atoms with Gasteiger partial charge < -0.3 is 25.0 Å². The molecule has 1 atom stereocenters. The Morgan fingerprint density at radius 1 is 1.31 bits per heavy atom. The molecule has 0 aliphatic carbocycles. The molecule has 1 aromatic heterocycles. The number of nitrogens with one attached hydrogen (secondary N) is 2. The van der Waals surface area contributed by atoms with E-state index < -0.39 is 12.7 Å². The van der Waals surface area contributed by atoms with E-state index in [1.807, 2.05) is 17.7 Å². The normalized spacial score (nSPS) is 12.9. The number of rotatable bonds is 9. The van der Waals surface area contributed by atoms with E-state index in [0.29, 0.717) is 24.6 Å². The summed E-state index contributed by atoms with van der Waals surface area (Å²) >= 11 is 0. The molecule has 0 radical (unpaired) electrons. The highest BCUT2D eigenvalue weighted by Gasteiger charge is 2.09. The molecule has 26 heavy (non-hydrogen) atoms. The van der Waals surface area contributed by atoms with Crippen molar-refractivity contribution in [2.75, 3.05) is 19.6 Å². The Hall–Kier alpha value is -2.68. The van der Waals surface area contributed by atoms with Gasteiger partial charge in [0.15, 0.2) is 5.96 Å². The summed E-state index contributed by atoms with van der Waals surface area (Å²) in [5.41, 5.74) is 0.574. The second kappa shape index (κ2) is 10.3. The lowest BCUT2D eigenvalue weighted by Gasteiger charge is -2.14. The van der Waals surface area contributed by atoms with Crippen molar-refractivity contribution in [1.82, 2.24) is 20.2 Å². The van der Waals surface area contributed by atoms with Crippen LogP contribution in [0, 0.1) is 0 Å². The maximum absolute atomic E-state index is 12.1. The highest BCUT2D eigenvalue weighted by atomic mass is 19.3. The molecule has 0 saturated carbocycles. The molecule has 2 aromatic rings. The number of aliphatic hydroxyl groups excluding tert-OH is 1. The lowest BCUT2D eigenvalue weighted by molar-refractivity contribution is -0.0498. The van der Waals surface area contributed by atoms with E-state index in [1.165, 1.54) is 24.3 Å². The van der Waals surface area contributed by atoms with E-state index in [4.69, 9.17) is 0 Å². The fourth-order valence-corrected chi connectivity index (χ4v) is 2.22. The molecule has 3 N–H and O–H groups in total. The van der Waals surface area contributed by atoms with Crippen LogP contribution in [0.4, 0.5) is 8.78 Å². The monoisotopic (exact) mass is 367 g/mol. The molecule has 7 nitrogen and oxygen atoms in total. The zero-order valence-electron chi connectivity index (χ0n) is 14.5. The molecule has 0 amide bonds. The zero-order valence-corrected chi connectivity index (χ0v) is 14.5. The van der Waals surface area contributed by atoms with Crippen LogP contribution in [0.1, 0.15) is 18.6 Å². The van der Waals surface area contributed by atoms with Crippen LogP contribution < -0.4 is 15.4 Å². The van der Waals surface area contributed by atoms with Gasteiger partial charge in [0, 0.05) is 32.0 Å². The van der Waals surface area contributed by atoms with Gasteiger partial charge in [-0.05, 0) is 24.6 Å². The van der Waals surface area contributed by atoms with Crippen molar-refractivity contribution in [3.05, 3.63) is 48.5 Å². The Bertz CT molecular complexity index is 662. The second-order valence-corrected chi connectivity index (χ2v) is 5.41. The van der Waals surface area contributed by atoms with Crippen LogP contribution in [0.2, 0.25) is 0 Å². The maximum Gasteiger partial charge on any atom is 0.387 e. The Balaban J connectivity index is 1.86. The first-order valence-electron chi connectivity index (χ1n) is 8.29. The highest BCUT2D eigenvalue weighted by molar-refractivity contribution is 5.79. The number of benzene rings is 1. The van der Waals surface area contributed by atoms with Crippen molar-refractivity contribution in [2.24, 2.45) is 4.99 Å². The zero-order chi connectivity index (χ0) is 18.8. The first-order valence-corrected chi connectivity index (χ1v) is 8.29. The minimum atomic E-state index is -2.87.